The summed E-state index contributed by atoms with van der Waals surface area (Å²) in [6.45, 7) is 2.61. The van der Waals surface area contributed by atoms with Gasteiger partial charge in [-0.25, -0.2) is 4.79 Å². The van der Waals surface area contributed by atoms with Gasteiger partial charge < -0.3 is 14.2 Å². The molecule has 2 aromatic carbocycles. The summed E-state index contributed by atoms with van der Waals surface area (Å²) < 4.78 is 53.6. The highest BCUT2D eigenvalue weighted by Crippen LogP contribution is 2.37. The molecule has 0 atom stereocenters. The number of halogens is 5. The van der Waals surface area contributed by atoms with Crippen LogP contribution in [0.25, 0.3) is 0 Å². The molecule has 9 heteroatoms. The summed E-state index contributed by atoms with van der Waals surface area (Å²) in [5.41, 5.74) is -0.844. The normalized spacial score (nSPS) is 11.3. The number of rotatable bonds is 7. The van der Waals surface area contributed by atoms with Crippen LogP contribution in [0.15, 0.2) is 36.4 Å². The van der Waals surface area contributed by atoms with Gasteiger partial charge in [0.1, 0.15) is 18.1 Å². The van der Waals surface area contributed by atoms with E-state index in [1.807, 2.05) is 6.92 Å². The first-order valence-electron chi connectivity index (χ1n) is 7.81. The lowest BCUT2D eigenvalue weighted by atomic mass is 10.2. The Morgan fingerprint density at radius 2 is 1.78 bits per heavy atom. The maximum atomic E-state index is 12.7. The standard InChI is InChI=1S/C18H15Cl2F3O4/c1-2-25-7-8-26-17(24)13-10-12(4-5-14(13)19)27-16-6-3-11(9-15(16)20)18(21,22)23/h3-6,9-10H,2,7-8H2,1H3. The maximum Gasteiger partial charge on any atom is 0.416 e. The minimum absolute atomic E-state index is 0.00246. The minimum Gasteiger partial charge on any atom is -0.460 e. The Balaban J connectivity index is 2.15. The Morgan fingerprint density at radius 3 is 2.41 bits per heavy atom. The van der Waals surface area contributed by atoms with Gasteiger partial charge in [0.2, 0.25) is 0 Å². The van der Waals surface area contributed by atoms with Crippen molar-refractivity contribution in [1.82, 2.24) is 0 Å². The molecule has 0 saturated carbocycles. The summed E-state index contributed by atoms with van der Waals surface area (Å²) >= 11 is 11.9. The topological polar surface area (TPSA) is 44.8 Å². The van der Waals surface area contributed by atoms with E-state index in [1.165, 1.54) is 18.2 Å². The van der Waals surface area contributed by atoms with E-state index >= 15 is 0 Å². The lowest BCUT2D eigenvalue weighted by molar-refractivity contribution is -0.137. The van der Waals surface area contributed by atoms with E-state index in [2.05, 4.69) is 0 Å². The number of alkyl halides is 3. The zero-order valence-corrected chi connectivity index (χ0v) is 15.6. The van der Waals surface area contributed by atoms with Gasteiger partial charge in [-0.05, 0) is 43.3 Å². The second-order valence-electron chi connectivity index (χ2n) is 5.22. The average Bonchev–Trinajstić information content (AvgIpc) is 2.61. The van der Waals surface area contributed by atoms with Crippen LogP contribution >= 0.6 is 23.2 Å². The van der Waals surface area contributed by atoms with Gasteiger partial charge in [0.15, 0.2) is 0 Å². The van der Waals surface area contributed by atoms with Crippen molar-refractivity contribution < 1.29 is 32.2 Å². The van der Waals surface area contributed by atoms with Gasteiger partial charge in [0, 0.05) is 6.61 Å². The molecule has 4 nitrogen and oxygen atoms in total. The Labute approximate surface area is 163 Å². The molecule has 0 aromatic heterocycles. The number of carbonyl (C=O) groups excluding carboxylic acids is 1. The van der Waals surface area contributed by atoms with E-state index < -0.39 is 17.7 Å². The zero-order chi connectivity index (χ0) is 20.0. The number of ether oxygens (including phenoxy) is 3. The second-order valence-corrected chi connectivity index (χ2v) is 6.03. The first kappa shape index (κ1) is 21.3. The Morgan fingerprint density at radius 1 is 1.04 bits per heavy atom. The predicted octanol–water partition coefficient (Wildman–Crippen LogP) is 6.00. The van der Waals surface area contributed by atoms with Crippen molar-refractivity contribution in [2.24, 2.45) is 0 Å². The van der Waals surface area contributed by atoms with E-state index in [1.54, 1.807) is 0 Å². The van der Waals surface area contributed by atoms with E-state index in [9.17, 15) is 18.0 Å². The summed E-state index contributed by atoms with van der Waals surface area (Å²) in [5.74, 6) is -0.510. The zero-order valence-electron chi connectivity index (χ0n) is 14.1. The summed E-state index contributed by atoms with van der Waals surface area (Å²) in [6.07, 6.45) is -4.51. The highest BCUT2D eigenvalue weighted by Gasteiger charge is 2.31. The largest absolute Gasteiger partial charge is 0.460 e. The van der Waals surface area contributed by atoms with Crippen LogP contribution in [-0.2, 0) is 15.7 Å². The fraction of sp³-hybridized carbons (Fsp3) is 0.278. The quantitative estimate of drug-likeness (QED) is 0.405. The van der Waals surface area contributed by atoms with E-state index in [4.69, 9.17) is 37.4 Å². The van der Waals surface area contributed by atoms with Gasteiger partial charge in [-0.3, -0.25) is 0 Å². The van der Waals surface area contributed by atoms with Crippen LogP contribution in [0.5, 0.6) is 11.5 Å². The van der Waals surface area contributed by atoms with Crippen molar-refractivity contribution in [1.29, 1.82) is 0 Å². The van der Waals surface area contributed by atoms with Gasteiger partial charge in [-0.15, -0.1) is 0 Å². The molecule has 0 unspecified atom stereocenters. The molecule has 0 radical (unpaired) electrons. The molecule has 27 heavy (non-hydrogen) atoms. The fourth-order valence-electron chi connectivity index (χ4n) is 2.03. The first-order chi connectivity index (χ1) is 12.7. The molecule has 0 spiro atoms. The molecule has 146 valence electrons. The van der Waals surface area contributed by atoms with Crippen molar-refractivity contribution >= 4 is 29.2 Å². The molecule has 0 heterocycles. The summed E-state index contributed by atoms with van der Waals surface area (Å²) in [4.78, 5) is 12.1. The van der Waals surface area contributed by atoms with Gasteiger partial charge in [0.25, 0.3) is 0 Å². The molecule has 2 aromatic rings. The van der Waals surface area contributed by atoms with E-state index in [0.29, 0.717) is 6.61 Å². The molecular weight excluding hydrogens is 408 g/mol. The van der Waals surface area contributed by atoms with Crippen molar-refractivity contribution in [2.45, 2.75) is 13.1 Å². The number of benzene rings is 2. The second kappa shape index (κ2) is 9.30. The van der Waals surface area contributed by atoms with Crippen LogP contribution in [0.2, 0.25) is 10.0 Å². The molecule has 0 aliphatic carbocycles. The van der Waals surface area contributed by atoms with E-state index in [0.717, 1.165) is 18.2 Å². The molecule has 0 bridgehead atoms. The first-order valence-corrected chi connectivity index (χ1v) is 8.57. The molecular formula is C18H15Cl2F3O4. The third-order valence-corrected chi connectivity index (χ3v) is 3.93. The van der Waals surface area contributed by atoms with Crippen molar-refractivity contribution in [3.63, 3.8) is 0 Å². The van der Waals surface area contributed by atoms with Crippen LogP contribution in [0, 0.1) is 0 Å². The van der Waals surface area contributed by atoms with Crippen LogP contribution in [0.3, 0.4) is 0 Å². The summed E-state index contributed by atoms with van der Waals surface area (Å²) in [6, 6.07) is 6.89. The number of hydrogen-bond donors (Lipinski definition) is 0. The lowest BCUT2D eigenvalue weighted by Gasteiger charge is -2.12. The van der Waals surface area contributed by atoms with Crippen molar-refractivity contribution in [3.05, 3.63) is 57.6 Å². The third kappa shape index (κ3) is 6.02. The Hall–Kier alpha value is -1.96. The average molecular weight is 423 g/mol. The molecule has 0 aliphatic heterocycles. The van der Waals surface area contributed by atoms with Gasteiger partial charge in [-0.1, -0.05) is 23.2 Å². The minimum atomic E-state index is -4.51. The van der Waals surface area contributed by atoms with Crippen LogP contribution in [-0.4, -0.2) is 25.8 Å². The van der Waals surface area contributed by atoms with Crippen LogP contribution < -0.4 is 4.74 Å². The Bertz CT molecular complexity index is 810. The molecule has 0 N–H and O–H groups in total. The molecule has 0 amide bonds. The molecule has 2 rings (SSSR count). The molecule has 0 fully saturated rings. The van der Waals surface area contributed by atoms with Gasteiger partial charge in [-0.2, -0.15) is 13.2 Å². The third-order valence-electron chi connectivity index (χ3n) is 3.31. The Kier molecular flexibility index (Phi) is 7.35. The fourth-order valence-corrected chi connectivity index (χ4v) is 2.44. The number of esters is 1. The number of carbonyl (C=O) groups is 1. The highest BCUT2D eigenvalue weighted by molar-refractivity contribution is 6.33. The highest BCUT2D eigenvalue weighted by atomic mass is 35.5. The maximum absolute atomic E-state index is 12.7. The van der Waals surface area contributed by atoms with Crippen LogP contribution in [0.1, 0.15) is 22.8 Å². The van der Waals surface area contributed by atoms with Gasteiger partial charge >= 0.3 is 12.1 Å². The van der Waals surface area contributed by atoms with Crippen molar-refractivity contribution in [3.8, 4) is 11.5 Å². The predicted molar refractivity (Wildman–Crippen MR) is 94.8 cm³/mol. The summed E-state index contributed by atoms with van der Waals surface area (Å²) in [5, 5.41) is -0.0807. The smallest absolute Gasteiger partial charge is 0.416 e. The SMILES string of the molecule is CCOCCOC(=O)c1cc(Oc2ccc(C(F)(F)F)cc2Cl)ccc1Cl. The lowest BCUT2D eigenvalue weighted by Crippen LogP contribution is -2.11. The molecule has 0 saturated heterocycles. The summed E-state index contributed by atoms with van der Waals surface area (Å²) in [7, 11) is 0. The molecule has 0 aliphatic rings. The van der Waals surface area contributed by atoms with Gasteiger partial charge in [0.05, 0.1) is 27.8 Å². The van der Waals surface area contributed by atoms with Crippen LogP contribution in [0.4, 0.5) is 13.2 Å². The monoisotopic (exact) mass is 422 g/mol. The number of hydrogen-bond acceptors (Lipinski definition) is 4. The van der Waals surface area contributed by atoms with Crippen molar-refractivity contribution in [2.75, 3.05) is 19.8 Å². The van der Waals surface area contributed by atoms with E-state index in [-0.39, 0.29) is 40.3 Å².